The Balaban J connectivity index is 2.15. The lowest BCUT2D eigenvalue weighted by Crippen LogP contribution is -2.25. The monoisotopic (exact) mass is 458 g/mol. The SMILES string of the molecule is COc1cc2cc(CS(=O)(=O)OC(=O)N=C(N)N)c(-c3ccc(C)cc3)nc2cc1OC. The Labute approximate surface area is 184 Å². The third kappa shape index (κ3) is 5.24. The molecular weight excluding hydrogens is 436 g/mol. The quantitative estimate of drug-likeness (QED) is 0.322. The van der Waals surface area contributed by atoms with Gasteiger partial charge < -0.3 is 25.1 Å². The summed E-state index contributed by atoms with van der Waals surface area (Å²) in [5, 5.41) is 0.610. The van der Waals surface area contributed by atoms with Crippen molar-refractivity contribution < 1.29 is 26.9 Å². The Morgan fingerprint density at radius 1 is 1.03 bits per heavy atom. The van der Waals surface area contributed by atoms with Crippen LogP contribution in [0.5, 0.6) is 11.5 Å². The lowest BCUT2D eigenvalue weighted by molar-refractivity contribution is 0.213. The standard InChI is InChI=1S/C21H22N4O6S/c1-12-4-6-13(7-5-12)19-15(11-32(27,28)31-21(26)25-20(22)23)8-14-9-17(29-2)18(30-3)10-16(14)24-19/h4-10H,11H2,1-3H3,(H4,22,23,25,26). The zero-order valence-corrected chi connectivity index (χ0v) is 18.5. The summed E-state index contributed by atoms with van der Waals surface area (Å²) in [6.45, 7) is 1.93. The molecule has 0 fully saturated rings. The summed E-state index contributed by atoms with van der Waals surface area (Å²) in [7, 11) is -1.38. The van der Waals surface area contributed by atoms with E-state index in [0.717, 1.165) is 5.56 Å². The second-order valence-corrected chi connectivity index (χ2v) is 8.42. The van der Waals surface area contributed by atoms with Gasteiger partial charge in [-0.25, -0.2) is 9.78 Å². The number of amides is 1. The third-order valence-corrected chi connectivity index (χ3v) is 5.54. The highest BCUT2D eigenvalue weighted by Crippen LogP contribution is 2.34. The minimum absolute atomic E-state index is 0.311. The zero-order chi connectivity index (χ0) is 23.5. The van der Waals surface area contributed by atoms with E-state index in [-0.39, 0.29) is 0 Å². The molecule has 4 N–H and O–H groups in total. The minimum Gasteiger partial charge on any atom is -0.493 e. The number of guanidine groups is 1. The largest absolute Gasteiger partial charge is 0.493 e. The average Bonchev–Trinajstić information content (AvgIpc) is 2.71. The van der Waals surface area contributed by atoms with E-state index >= 15 is 0 Å². The molecule has 0 radical (unpaired) electrons. The first-order valence-corrected chi connectivity index (χ1v) is 10.9. The van der Waals surface area contributed by atoms with E-state index in [9.17, 15) is 13.2 Å². The molecule has 0 aliphatic rings. The number of fused-ring (bicyclic) bond motifs is 1. The Hall–Kier alpha value is -3.86. The van der Waals surface area contributed by atoms with E-state index in [1.807, 2.05) is 31.2 Å². The Kier molecular flexibility index (Phi) is 6.49. The molecule has 3 aromatic rings. The summed E-state index contributed by atoms with van der Waals surface area (Å²) in [6, 6.07) is 12.4. The number of pyridine rings is 1. The van der Waals surface area contributed by atoms with Crippen LogP contribution in [0.3, 0.4) is 0 Å². The summed E-state index contributed by atoms with van der Waals surface area (Å²) in [5.41, 5.74) is 13.2. The predicted molar refractivity (Wildman–Crippen MR) is 120 cm³/mol. The summed E-state index contributed by atoms with van der Waals surface area (Å²) in [5.74, 6) is -0.315. The maximum absolute atomic E-state index is 12.5. The van der Waals surface area contributed by atoms with Crippen LogP contribution in [0, 0.1) is 6.92 Å². The van der Waals surface area contributed by atoms with E-state index in [1.54, 1.807) is 18.2 Å². The number of nitrogens with two attached hydrogens (primary N) is 2. The molecule has 3 rings (SSSR count). The molecule has 2 aromatic carbocycles. The molecule has 0 spiro atoms. The zero-order valence-electron chi connectivity index (χ0n) is 17.7. The van der Waals surface area contributed by atoms with Gasteiger partial charge in [-0.1, -0.05) is 29.8 Å². The van der Waals surface area contributed by atoms with Crippen molar-refractivity contribution in [1.82, 2.24) is 4.98 Å². The van der Waals surface area contributed by atoms with Crippen LogP contribution in [-0.4, -0.2) is 39.7 Å². The van der Waals surface area contributed by atoms with Gasteiger partial charge in [0, 0.05) is 17.0 Å². The van der Waals surface area contributed by atoms with Crippen LogP contribution in [0.4, 0.5) is 4.79 Å². The highest BCUT2D eigenvalue weighted by Gasteiger charge is 2.22. The summed E-state index contributed by atoms with van der Waals surface area (Å²) in [6.07, 6.45) is -1.43. The number of aliphatic imine (C=N–C) groups is 1. The van der Waals surface area contributed by atoms with E-state index in [4.69, 9.17) is 20.9 Å². The van der Waals surface area contributed by atoms with Gasteiger partial charge in [-0.15, -0.1) is 4.99 Å². The number of carbonyl (C=O) groups excluding carboxylic acids is 1. The van der Waals surface area contributed by atoms with Crippen LogP contribution in [0.15, 0.2) is 47.5 Å². The van der Waals surface area contributed by atoms with Gasteiger partial charge in [0.1, 0.15) is 5.75 Å². The van der Waals surface area contributed by atoms with Gasteiger partial charge in [0.2, 0.25) is 0 Å². The predicted octanol–water partition coefficient (Wildman–Crippen LogP) is 2.47. The molecule has 0 atom stereocenters. The average molecular weight is 458 g/mol. The second-order valence-electron chi connectivity index (χ2n) is 6.85. The minimum atomic E-state index is -4.38. The van der Waals surface area contributed by atoms with Crippen molar-refractivity contribution in [3.63, 3.8) is 0 Å². The van der Waals surface area contributed by atoms with Gasteiger partial charge in [0.25, 0.3) is 0 Å². The Morgan fingerprint density at radius 3 is 2.25 bits per heavy atom. The van der Waals surface area contributed by atoms with Crippen molar-refractivity contribution in [3.8, 4) is 22.8 Å². The number of aromatic nitrogens is 1. The molecule has 1 amide bonds. The number of hydrogen-bond donors (Lipinski definition) is 2. The fourth-order valence-corrected chi connectivity index (χ4v) is 3.98. The van der Waals surface area contributed by atoms with E-state index in [1.165, 1.54) is 14.2 Å². The van der Waals surface area contributed by atoms with Gasteiger partial charge in [0.15, 0.2) is 17.5 Å². The normalized spacial score (nSPS) is 11.1. The molecule has 1 aromatic heterocycles. The first-order valence-electron chi connectivity index (χ1n) is 9.30. The van der Waals surface area contributed by atoms with E-state index in [2.05, 4.69) is 14.2 Å². The van der Waals surface area contributed by atoms with Crippen LogP contribution in [0.2, 0.25) is 0 Å². The summed E-state index contributed by atoms with van der Waals surface area (Å²) < 4.78 is 40.2. The molecular formula is C21H22N4O6S. The molecule has 10 nitrogen and oxygen atoms in total. The number of ether oxygens (including phenoxy) is 2. The highest BCUT2D eigenvalue weighted by molar-refractivity contribution is 7.86. The van der Waals surface area contributed by atoms with Gasteiger partial charge in [-0.2, -0.15) is 8.42 Å². The first-order chi connectivity index (χ1) is 15.1. The first kappa shape index (κ1) is 22.8. The van der Waals surface area contributed by atoms with Crippen LogP contribution in [-0.2, 0) is 20.1 Å². The van der Waals surface area contributed by atoms with Crippen LogP contribution in [0.25, 0.3) is 22.2 Å². The van der Waals surface area contributed by atoms with Crippen LogP contribution in [0.1, 0.15) is 11.1 Å². The molecule has 0 saturated heterocycles. The van der Waals surface area contributed by atoms with Crippen LogP contribution < -0.4 is 20.9 Å². The van der Waals surface area contributed by atoms with Crippen molar-refractivity contribution in [2.24, 2.45) is 16.5 Å². The molecule has 0 bridgehead atoms. The smallest absolute Gasteiger partial charge is 0.452 e. The van der Waals surface area contributed by atoms with Gasteiger partial charge in [0.05, 0.1) is 25.4 Å². The van der Waals surface area contributed by atoms with E-state index < -0.39 is 27.9 Å². The lowest BCUT2D eigenvalue weighted by Gasteiger charge is -2.14. The topological polar surface area (TPSA) is 156 Å². The molecule has 0 saturated carbocycles. The molecule has 32 heavy (non-hydrogen) atoms. The Bertz CT molecular complexity index is 1300. The van der Waals surface area contributed by atoms with Crippen LogP contribution >= 0.6 is 0 Å². The van der Waals surface area contributed by atoms with Crippen molar-refractivity contribution >= 4 is 33.1 Å². The second kappa shape index (κ2) is 9.10. The number of aryl methyl sites for hydroxylation is 1. The fraction of sp³-hybridized carbons (Fsp3) is 0.190. The van der Waals surface area contributed by atoms with Gasteiger partial charge in [-0.05, 0) is 24.6 Å². The van der Waals surface area contributed by atoms with Gasteiger partial charge >= 0.3 is 16.2 Å². The number of rotatable bonds is 6. The maximum atomic E-state index is 12.5. The lowest BCUT2D eigenvalue weighted by atomic mass is 10.0. The molecule has 0 aliphatic heterocycles. The third-order valence-electron chi connectivity index (χ3n) is 4.47. The Morgan fingerprint density at radius 2 is 1.66 bits per heavy atom. The highest BCUT2D eigenvalue weighted by atomic mass is 32.2. The van der Waals surface area contributed by atoms with Crippen molar-refractivity contribution in [2.75, 3.05) is 14.2 Å². The number of nitrogens with zero attached hydrogens (tertiary/aromatic N) is 2. The van der Waals surface area contributed by atoms with Crippen molar-refractivity contribution in [2.45, 2.75) is 12.7 Å². The molecule has 11 heteroatoms. The maximum Gasteiger partial charge on any atom is 0.452 e. The fourth-order valence-electron chi connectivity index (χ4n) is 3.07. The van der Waals surface area contributed by atoms with Gasteiger partial charge in [-0.3, -0.25) is 0 Å². The number of methoxy groups -OCH3 is 2. The number of hydrogen-bond acceptors (Lipinski definition) is 7. The molecule has 1 heterocycles. The van der Waals surface area contributed by atoms with Crippen molar-refractivity contribution in [3.05, 3.63) is 53.6 Å². The molecule has 0 aliphatic carbocycles. The summed E-state index contributed by atoms with van der Waals surface area (Å²) in [4.78, 5) is 19.4. The molecule has 168 valence electrons. The number of carbonyl (C=O) groups is 1. The number of benzene rings is 2. The summed E-state index contributed by atoms with van der Waals surface area (Å²) >= 11 is 0. The molecule has 0 unspecified atom stereocenters. The van der Waals surface area contributed by atoms with E-state index in [0.29, 0.717) is 39.2 Å². The van der Waals surface area contributed by atoms with Crippen molar-refractivity contribution in [1.29, 1.82) is 0 Å².